The van der Waals surface area contributed by atoms with Gasteiger partial charge >= 0.3 is 156 Å². The second-order valence-corrected chi connectivity index (χ2v) is 15.4. The first-order valence-electron chi connectivity index (χ1n) is 17.7. The normalized spacial score (nSPS) is 10.9. The third-order valence-electron chi connectivity index (χ3n) is 8.74. The zero-order valence-electron chi connectivity index (χ0n) is 31.5. The van der Waals surface area contributed by atoms with E-state index in [9.17, 15) is 27.1 Å². The van der Waals surface area contributed by atoms with Gasteiger partial charge in [0.1, 0.15) is 5.75 Å². The van der Waals surface area contributed by atoms with Crippen molar-refractivity contribution in [2.75, 3.05) is 0 Å². The quantitative estimate of drug-likeness (QED) is 0.0729. The molecule has 0 unspecified atom stereocenters. The molecule has 286 valence electrons. The summed E-state index contributed by atoms with van der Waals surface area (Å²) in [5, 5.41) is 18.8. The number of nitrogens with zero attached hydrogens (tertiary/aromatic N) is 1. The molecule has 6 rings (SSSR count). The molecule has 0 saturated carbocycles. The summed E-state index contributed by atoms with van der Waals surface area (Å²) >= 11 is -0.553. The molecule has 3 nitrogen and oxygen atoms in total. The minimum absolute atomic E-state index is 0.0811. The van der Waals surface area contributed by atoms with E-state index in [-0.39, 0.29) is 5.41 Å². The van der Waals surface area contributed by atoms with E-state index in [1.165, 1.54) is 22.4 Å². The standard InChI is InChI=1S/C18H14O.C12H17N.C10H12.C6HF5O.Mo/c19-18-16(14-8-3-1-4-9-14)12-7-13-17(18)15-10-5-2-6-11-15;1-8(2)10-6-5-7-11(9(3)4)12(10)13;1-10(2,3)9-7-5-4-6-8-9;7-1-2(8)4(10)6(12)5(11)3(1)9;/h1-13,19H;5-9H,1-4H3;1,4-8H,2-3H3;12H;. The fourth-order valence-corrected chi connectivity index (χ4v) is 7.49. The maximum Gasteiger partial charge on any atom is 0.206 e. The van der Waals surface area contributed by atoms with E-state index in [1.807, 2.05) is 78.9 Å². The van der Waals surface area contributed by atoms with Gasteiger partial charge in [-0.15, -0.1) is 0 Å². The number of para-hydroxylation sites is 1. The number of benzene rings is 6. The van der Waals surface area contributed by atoms with Crippen LogP contribution in [-0.4, -0.2) is 14.6 Å². The Morgan fingerprint density at radius 2 is 0.891 bits per heavy atom. The van der Waals surface area contributed by atoms with Crippen LogP contribution in [0.25, 0.3) is 22.3 Å². The third kappa shape index (κ3) is 10.8. The van der Waals surface area contributed by atoms with Crippen molar-refractivity contribution in [1.82, 2.24) is 0 Å². The molecule has 0 amide bonds. The fourth-order valence-electron chi connectivity index (χ4n) is 5.60. The van der Waals surface area contributed by atoms with Crippen molar-refractivity contribution in [3.05, 3.63) is 173 Å². The maximum absolute atomic E-state index is 12.2. The van der Waals surface area contributed by atoms with E-state index in [1.54, 1.807) is 0 Å². The monoisotopic (exact) mass is 835 g/mol. The number of halogens is 5. The van der Waals surface area contributed by atoms with Crippen LogP contribution in [0.3, 0.4) is 0 Å². The molecule has 0 aliphatic heterocycles. The van der Waals surface area contributed by atoms with Gasteiger partial charge in [0.25, 0.3) is 0 Å². The van der Waals surface area contributed by atoms with Crippen LogP contribution in [0, 0.1) is 29.1 Å². The van der Waals surface area contributed by atoms with Crippen molar-refractivity contribution in [3.63, 3.8) is 0 Å². The second kappa shape index (κ2) is 19.5. The molecule has 0 atom stereocenters. The van der Waals surface area contributed by atoms with Crippen molar-refractivity contribution < 1.29 is 50.1 Å². The van der Waals surface area contributed by atoms with Crippen LogP contribution in [0.2, 0.25) is 0 Å². The topological polar surface area (TPSA) is 52.8 Å². The Bertz CT molecular complexity index is 2070. The zero-order valence-corrected chi connectivity index (χ0v) is 33.5. The summed E-state index contributed by atoms with van der Waals surface area (Å²) < 4.78 is 68.2. The smallest absolute Gasteiger partial charge is 0.206 e. The van der Waals surface area contributed by atoms with Gasteiger partial charge in [-0.25, -0.2) is 13.2 Å². The number of rotatable bonds is 7. The average Bonchev–Trinajstić information content (AvgIpc) is 3.20. The zero-order chi connectivity index (χ0) is 40.3. The molecule has 2 N–H and O–H groups in total. The summed E-state index contributed by atoms with van der Waals surface area (Å²) in [7, 11) is 0. The molecular formula is C46H44F5MoNO2. The fraction of sp³-hybridized carbons (Fsp3) is 0.196. The molecule has 0 aliphatic carbocycles. The Morgan fingerprint density at radius 3 is 1.31 bits per heavy atom. The molecule has 6 aromatic rings. The Kier molecular flexibility index (Phi) is 15.1. The van der Waals surface area contributed by atoms with Crippen molar-refractivity contribution in [2.24, 2.45) is 3.50 Å². The van der Waals surface area contributed by atoms with E-state index in [0.717, 1.165) is 22.3 Å². The molecule has 0 bridgehead atoms. The van der Waals surface area contributed by atoms with Crippen molar-refractivity contribution >= 4 is 10.1 Å². The van der Waals surface area contributed by atoms with Crippen molar-refractivity contribution in [2.45, 2.75) is 58.8 Å². The average molecular weight is 834 g/mol. The third-order valence-corrected chi connectivity index (χ3v) is 11.2. The molecule has 0 aliphatic rings. The summed E-state index contributed by atoms with van der Waals surface area (Å²) in [5.74, 6) is -11.6. The number of phenols is 2. The van der Waals surface area contributed by atoms with Crippen LogP contribution >= 0.6 is 0 Å². The number of hydrogen-bond donors (Lipinski definition) is 2. The molecule has 0 aromatic heterocycles. The second-order valence-electron chi connectivity index (χ2n) is 13.8. The molecular weight excluding hydrogens is 789 g/mol. The molecule has 55 heavy (non-hydrogen) atoms. The van der Waals surface area contributed by atoms with Gasteiger partial charge in [0.2, 0.25) is 29.1 Å². The Hall–Kier alpha value is -5.07. The minimum Gasteiger partial charge on any atom is -0.507 e. The first kappa shape index (κ1) is 42.7. The van der Waals surface area contributed by atoms with Crippen LogP contribution in [0.1, 0.15) is 70.1 Å². The number of aromatic hydroxyl groups is 2. The van der Waals surface area contributed by atoms with Gasteiger partial charge in [-0.2, -0.15) is 8.78 Å². The van der Waals surface area contributed by atoms with Gasteiger partial charge in [-0.1, -0.05) is 78.9 Å². The molecule has 0 radical (unpaired) electrons. The molecule has 0 spiro atoms. The van der Waals surface area contributed by atoms with Crippen LogP contribution < -0.4 is 0 Å². The summed E-state index contributed by atoms with van der Waals surface area (Å²) in [4.78, 5) is 0. The van der Waals surface area contributed by atoms with E-state index in [0.29, 0.717) is 17.6 Å². The molecule has 6 aromatic carbocycles. The van der Waals surface area contributed by atoms with Crippen LogP contribution in [0.5, 0.6) is 11.5 Å². The Morgan fingerprint density at radius 1 is 0.509 bits per heavy atom. The van der Waals surface area contributed by atoms with Crippen LogP contribution in [-0.2, 0) is 23.3 Å². The molecule has 9 heteroatoms. The van der Waals surface area contributed by atoms with Crippen molar-refractivity contribution in [3.8, 4) is 33.8 Å². The SMILES string of the molecule is CC(C)c1cccc(C(C)C)c1[N]=[Mo]=[CH]C(C)(C)c1ccccc1.Oc1c(-c2ccccc2)cccc1-c1ccccc1.Oc1c(F)c(F)c(F)c(F)c1F. The first-order valence-corrected chi connectivity index (χ1v) is 19.7. The molecule has 0 heterocycles. The number of hydrogen-bond acceptors (Lipinski definition) is 3. The van der Waals surface area contributed by atoms with E-state index in [4.69, 9.17) is 8.60 Å². The minimum atomic E-state index is -2.29. The van der Waals surface area contributed by atoms with Crippen LogP contribution in [0.15, 0.2) is 131 Å². The van der Waals surface area contributed by atoms with Crippen molar-refractivity contribution in [1.29, 1.82) is 0 Å². The van der Waals surface area contributed by atoms with E-state index >= 15 is 0 Å². The van der Waals surface area contributed by atoms with Gasteiger partial charge in [0.05, 0.1) is 0 Å². The van der Waals surface area contributed by atoms with Gasteiger partial charge in [-0.3, -0.25) is 0 Å². The summed E-state index contributed by atoms with van der Waals surface area (Å²) in [6.45, 7) is 13.6. The molecule has 0 saturated heterocycles. The van der Waals surface area contributed by atoms with Gasteiger partial charge in [0, 0.05) is 11.1 Å². The summed E-state index contributed by atoms with van der Waals surface area (Å²) in [6.07, 6.45) is 0. The maximum atomic E-state index is 12.2. The summed E-state index contributed by atoms with van der Waals surface area (Å²) in [6, 6.07) is 43.1. The first-order chi connectivity index (χ1) is 26.2. The largest absolute Gasteiger partial charge is 0.507 e. The van der Waals surface area contributed by atoms with Gasteiger partial charge in [-0.05, 0) is 11.1 Å². The van der Waals surface area contributed by atoms with E-state index in [2.05, 4.69) is 94.5 Å². The Balaban J connectivity index is 0.000000194. The Labute approximate surface area is 328 Å². The number of phenolic OH excluding ortho intramolecular Hbond substituents is 2. The van der Waals surface area contributed by atoms with Crippen LogP contribution in [0.4, 0.5) is 27.6 Å². The predicted molar refractivity (Wildman–Crippen MR) is 209 cm³/mol. The molecule has 0 fully saturated rings. The van der Waals surface area contributed by atoms with Gasteiger partial charge in [0.15, 0.2) is 5.75 Å². The van der Waals surface area contributed by atoms with E-state index < -0.39 is 52.8 Å². The van der Waals surface area contributed by atoms with Gasteiger partial charge < -0.3 is 10.2 Å². The predicted octanol–water partition coefficient (Wildman–Crippen LogP) is 13.4. The summed E-state index contributed by atoms with van der Waals surface area (Å²) in [5.41, 5.74) is 9.25.